The van der Waals surface area contributed by atoms with Crippen molar-refractivity contribution < 1.29 is 9.47 Å². The van der Waals surface area contributed by atoms with Gasteiger partial charge in [0.2, 0.25) is 0 Å². The van der Waals surface area contributed by atoms with E-state index in [1.807, 2.05) is 6.92 Å². The minimum atomic E-state index is 0.339. The number of imidazole rings is 2. The third kappa shape index (κ3) is 2.81. The second kappa shape index (κ2) is 6.97. The molecule has 0 amide bonds. The molecule has 0 saturated carbocycles. The van der Waals surface area contributed by atoms with E-state index in [-0.39, 0.29) is 0 Å². The number of hydrogen-bond donors (Lipinski definition) is 2. The van der Waals surface area contributed by atoms with Gasteiger partial charge in [-0.1, -0.05) is 32.0 Å². The largest absolute Gasteiger partial charge is 0.486 e. The monoisotopic (exact) mass is 448 g/mol. The summed E-state index contributed by atoms with van der Waals surface area (Å²) in [6.07, 6.45) is 0. The highest BCUT2D eigenvalue weighted by molar-refractivity contribution is 5.93. The van der Waals surface area contributed by atoms with E-state index in [2.05, 4.69) is 77.3 Å². The van der Waals surface area contributed by atoms with Gasteiger partial charge in [-0.2, -0.15) is 0 Å². The van der Waals surface area contributed by atoms with Crippen molar-refractivity contribution in [2.24, 2.45) is 0 Å². The molecule has 0 atom stereocenters. The first-order valence-electron chi connectivity index (χ1n) is 11.7. The van der Waals surface area contributed by atoms with E-state index in [1.54, 1.807) is 0 Å². The van der Waals surface area contributed by atoms with Crippen molar-refractivity contribution in [3.05, 3.63) is 71.4 Å². The maximum Gasteiger partial charge on any atom is 0.155 e. The van der Waals surface area contributed by atoms with Crippen LogP contribution in [-0.2, 0) is 13.2 Å². The van der Waals surface area contributed by atoms with Gasteiger partial charge in [0.25, 0.3) is 0 Å². The number of rotatable bonds is 2. The van der Waals surface area contributed by atoms with Crippen LogP contribution in [0.2, 0.25) is 0 Å². The first-order chi connectivity index (χ1) is 16.5. The molecule has 2 N–H and O–H groups in total. The third-order valence-electron chi connectivity index (χ3n) is 6.79. The Morgan fingerprint density at radius 3 is 2.47 bits per heavy atom. The Morgan fingerprint density at radius 1 is 0.824 bits per heavy atom. The van der Waals surface area contributed by atoms with Crippen LogP contribution in [0.1, 0.15) is 42.7 Å². The average molecular weight is 449 g/mol. The number of hydrogen-bond acceptors (Lipinski definition) is 4. The number of aryl methyl sites for hydroxylation is 1. The molecule has 0 bridgehead atoms. The Morgan fingerprint density at radius 2 is 1.62 bits per heavy atom. The lowest BCUT2D eigenvalue weighted by atomic mass is 9.92. The predicted octanol–water partition coefficient (Wildman–Crippen LogP) is 6.50. The van der Waals surface area contributed by atoms with Gasteiger partial charge in [0.15, 0.2) is 5.75 Å². The number of aromatic amines is 2. The number of benzene rings is 3. The van der Waals surface area contributed by atoms with Crippen molar-refractivity contribution in [1.82, 2.24) is 19.9 Å². The van der Waals surface area contributed by atoms with Gasteiger partial charge < -0.3 is 19.4 Å². The molecule has 0 spiro atoms. The van der Waals surface area contributed by atoms with E-state index in [0.717, 1.165) is 67.8 Å². The average Bonchev–Trinajstić information content (AvgIpc) is 3.46. The number of fused-ring (bicyclic) bond motifs is 8. The summed E-state index contributed by atoms with van der Waals surface area (Å²) in [6, 6.07) is 17.2. The van der Waals surface area contributed by atoms with E-state index in [0.29, 0.717) is 19.1 Å². The van der Waals surface area contributed by atoms with E-state index >= 15 is 0 Å². The molecule has 5 aromatic rings. The predicted molar refractivity (Wildman–Crippen MR) is 132 cm³/mol. The Hall–Kier alpha value is -4.06. The first-order valence-corrected chi connectivity index (χ1v) is 11.7. The zero-order chi connectivity index (χ0) is 23.0. The van der Waals surface area contributed by atoms with Gasteiger partial charge in [0.1, 0.15) is 41.8 Å². The SMILES string of the molecule is Cc1nc2c([nH]1)-c1ccc(-c3ccc4c(c3)COc3c-4ccc4[nH]c(C(C)C)nc34)cc1OC2. The molecule has 0 radical (unpaired) electrons. The highest BCUT2D eigenvalue weighted by atomic mass is 16.5. The smallest absolute Gasteiger partial charge is 0.155 e. The summed E-state index contributed by atoms with van der Waals surface area (Å²) in [7, 11) is 0. The molecule has 0 fully saturated rings. The van der Waals surface area contributed by atoms with Gasteiger partial charge in [-0.05, 0) is 59.5 Å². The van der Waals surface area contributed by atoms with Crippen molar-refractivity contribution in [3.8, 4) is 45.0 Å². The van der Waals surface area contributed by atoms with Gasteiger partial charge in [0.05, 0.1) is 11.2 Å². The highest BCUT2D eigenvalue weighted by Crippen LogP contribution is 2.44. The lowest BCUT2D eigenvalue weighted by Crippen LogP contribution is -2.06. The van der Waals surface area contributed by atoms with Gasteiger partial charge in [-0.3, -0.25) is 0 Å². The summed E-state index contributed by atoms with van der Waals surface area (Å²) in [5.41, 5.74) is 10.8. The molecule has 3 aromatic carbocycles. The Labute approximate surface area is 197 Å². The lowest BCUT2D eigenvalue weighted by molar-refractivity contribution is 0.298. The summed E-state index contributed by atoms with van der Waals surface area (Å²) in [6.45, 7) is 7.27. The van der Waals surface area contributed by atoms with Gasteiger partial charge >= 0.3 is 0 Å². The van der Waals surface area contributed by atoms with Crippen molar-refractivity contribution >= 4 is 11.0 Å². The Bertz CT molecular complexity index is 1610. The molecular formula is C28H24N4O2. The number of aromatic nitrogens is 4. The van der Waals surface area contributed by atoms with Crippen LogP contribution in [0, 0.1) is 6.92 Å². The van der Waals surface area contributed by atoms with Crippen molar-refractivity contribution in [1.29, 1.82) is 0 Å². The normalized spacial score (nSPS) is 13.6. The number of H-pyrrole nitrogens is 2. The fourth-order valence-corrected chi connectivity index (χ4v) is 5.05. The van der Waals surface area contributed by atoms with Crippen LogP contribution in [-0.4, -0.2) is 19.9 Å². The molecule has 4 heterocycles. The van der Waals surface area contributed by atoms with Crippen molar-refractivity contribution in [2.45, 2.75) is 39.9 Å². The maximum atomic E-state index is 6.26. The molecule has 2 aromatic heterocycles. The second-order valence-corrected chi connectivity index (χ2v) is 9.42. The summed E-state index contributed by atoms with van der Waals surface area (Å²) in [4.78, 5) is 16.1. The summed E-state index contributed by atoms with van der Waals surface area (Å²) < 4.78 is 12.3. The molecule has 6 heteroatoms. The van der Waals surface area contributed by atoms with Crippen LogP contribution < -0.4 is 9.47 Å². The Kier molecular flexibility index (Phi) is 3.98. The third-order valence-corrected chi connectivity index (χ3v) is 6.79. The zero-order valence-electron chi connectivity index (χ0n) is 19.3. The zero-order valence-corrected chi connectivity index (χ0v) is 19.3. The van der Waals surface area contributed by atoms with E-state index < -0.39 is 0 Å². The molecule has 2 aliphatic heterocycles. The first kappa shape index (κ1) is 19.4. The van der Waals surface area contributed by atoms with Gasteiger partial charge in [-0.25, -0.2) is 9.97 Å². The minimum Gasteiger partial charge on any atom is -0.486 e. The number of nitrogens with one attached hydrogen (secondary N) is 2. The fourth-order valence-electron chi connectivity index (χ4n) is 5.05. The van der Waals surface area contributed by atoms with Crippen LogP contribution in [0.3, 0.4) is 0 Å². The van der Waals surface area contributed by atoms with Gasteiger partial charge in [0, 0.05) is 17.0 Å². The number of nitrogens with zero attached hydrogens (tertiary/aromatic N) is 2. The van der Waals surface area contributed by atoms with E-state index in [1.165, 1.54) is 11.1 Å². The molecule has 0 aliphatic carbocycles. The van der Waals surface area contributed by atoms with Crippen LogP contribution in [0.15, 0.2) is 48.5 Å². The standard InChI is InChI=1S/C28H24N4O2/c1-14(2)28-31-22-9-8-20-19-6-4-16(10-18(19)12-34-27(20)26(22)32-28)17-5-7-21-24(11-17)33-13-23-25(21)30-15(3)29-23/h4-11,14H,12-13H2,1-3H3,(H,29,30)(H,31,32). The van der Waals surface area contributed by atoms with E-state index in [9.17, 15) is 0 Å². The molecule has 6 nitrogen and oxygen atoms in total. The van der Waals surface area contributed by atoms with Crippen LogP contribution >= 0.6 is 0 Å². The van der Waals surface area contributed by atoms with Crippen LogP contribution in [0.5, 0.6) is 11.5 Å². The molecule has 7 rings (SSSR count). The minimum absolute atomic E-state index is 0.339. The quantitative estimate of drug-likeness (QED) is 0.323. The molecular weight excluding hydrogens is 424 g/mol. The lowest BCUT2D eigenvalue weighted by Gasteiger charge is -2.22. The summed E-state index contributed by atoms with van der Waals surface area (Å²) in [5.74, 6) is 3.99. The fraction of sp³-hybridized carbons (Fsp3) is 0.214. The Balaban J connectivity index is 1.28. The maximum absolute atomic E-state index is 6.26. The van der Waals surface area contributed by atoms with Gasteiger partial charge in [-0.15, -0.1) is 0 Å². The number of ether oxygens (including phenoxy) is 2. The molecule has 2 aliphatic rings. The second-order valence-electron chi connectivity index (χ2n) is 9.42. The molecule has 0 unspecified atom stereocenters. The van der Waals surface area contributed by atoms with Crippen molar-refractivity contribution in [2.75, 3.05) is 0 Å². The van der Waals surface area contributed by atoms with Crippen LogP contribution in [0.4, 0.5) is 0 Å². The molecule has 34 heavy (non-hydrogen) atoms. The summed E-state index contributed by atoms with van der Waals surface area (Å²) >= 11 is 0. The van der Waals surface area contributed by atoms with Crippen molar-refractivity contribution in [3.63, 3.8) is 0 Å². The summed E-state index contributed by atoms with van der Waals surface area (Å²) in [5, 5.41) is 0. The van der Waals surface area contributed by atoms with E-state index in [4.69, 9.17) is 14.5 Å². The topological polar surface area (TPSA) is 75.8 Å². The molecule has 168 valence electrons. The highest BCUT2D eigenvalue weighted by Gasteiger charge is 2.24. The van der Waals surface area contributed by atoms with Crippen LogP contribution in [0.25, 0.3) is 44.5 Å². The molecule has 0 saturated heterocycles.